The van der Waals surface area contributed by atoms with Crippen LogP contribution in [0.1, 0.15) is 25.3 Å². The number of carboxylic acids is 1. The molecule has 1 unspecified atom stereocenters. The van der Waals surface area contributed by atoms with E-state index < -0.39 is 12.0 Å². The number of carbonyl (C=O) groups is 2. The first-order valence-corrected chi connectivity index (χ1v) is 6.82. The molecule has 6 nitrogen and oxygen atoms in total. The van der Waals surface area contributed by atoms with Gasteiger partial charge in [0.2, 0.25) is 5.91 Å². The highest BCUT2D eigenvalue weighted by Gasteiger charge is 2.21. The summed E-state index contributed by atoms with van der Waals surface area (Å²) in [4.78, 5) is 25.9. The maximum atomic E-state index is 11.6. The van der Waals surface area contributed by atoms with E-state index in [9.17, 15) is 19.8 Å². The highest BCUT2D eigenvalue weighted by Crippen LogP contribution is 2.23. The molecule has 4 N–H and O–H groups in total. The van der Waals surface area contributed by atoms with Crippen LogP contribution in [0.25, 0.3) is 10.9 Å². The van der Waals surface area contributed by atoms with Crippen molar-refractivity contribution in [1.82, 2.24) is 10.3 Å². The number of H-pyrrole nitrogens is 1. The Hall–Kier alpha value is -2.50. The van der Waals surface area contributed by atoms with Crippen molar-refractivity contribution in [1.29, 1.82) is 0 Å². The predicted molar refractivity (Wildman–Crippen MR) is 78.1 cm³/mol. The molecule has 0 saturated heterocycles. The van der Waals surface area contributed by atoms with Crippen molar-refractivity contribution in [3.8, 4) is 5.75 Å². The highest BCUT2D eigenvalue weighted by molar-refractivity contribution is 5.87. The first kappa shape index (κ1) is 14.9. The summed E-state index contributed by atoms with van der Waals surface area (Å²) in [6, 6.07) is 3.87. The van der Waals surface area contributed by atoms with E-state index >= 15 is 0 Å². The fourth-order valence-corrected chi connectivity index (χ4v) is 2.25. The van der Waals surface area contributed by atoms with E-state index in [-0.39, 0.29) is 18.1 Å². The first-order valence-electron chi connectivity index (χ1n) is 6.82. The standard InChI is InChI=1S/C15H18N2O4/c1-2-3-14(19)17-13(15(20)21)6-9-8-16-12-5-4-10(18)7-11(9)12/h4-5,7-8,13,16,18H,2-3,6H2,1H3,(H,17,19)(H,20,21). The van der Waals surface area contributed by atoms with Gasteiger partial charge in [-0.1, -0.05) is 6.92 Å². The number of aromatic nitrogens is 1. The molecule has 0 aliphatic rings. The Morgan fingerprint density at radius 1 is 1.38 bits per heavy atom. The highest BCUT2D eigenvalue weighted by atomic mass is 16.4. The van der Waals surface area contributed by atoms with Gasteiger partial charge in [-0.2, -0.15) is 0 Å². The number of aromatic hydroxyl groups is 1. The molecular weight excluding hydrogens is 272 g/mol. The third-order valence-electron chi connectivity index (χ3n) is 3.29. The van der Waals surface area contributed by atoms with Gasteiger partial charge in [0.1, 0.15) is 11.8 Å². The second-order valence-corrected chi connectivity index (χ2v) is 4.96. The summed E-state index contributed by atoms with van der Waals surface area (Å²) in [5.41, 5.74) is 1.55. The number of fused-ring (bicyclic) bond motifs is 1. The van der Waals surface area contributed by atoms with Crippen molar-refractivity contribution in [3.05, 3.63) is 30.0 Å². The van der Waals surface area contributed by atoms with E-state index in [1.165, 1.54) is 0 Å². The van der Waals surface area contributed by atoms with Crippen LogP contribution in [0.4, 0.5) is 0 Å². The van der Waals surface area contributed by atoms with Gasteiger partial charge in [0, 0.05) is 29.9 Å². The number of rotatable bonds is 6. The van der Waals surface area contributed by atoms with Crippen LogP contribution in [-0.2, 0) is 16.0 Å². The topological polar surface area (TPSA) is 102 Å². The summed E-state index contributed by atoms with van der Waals surface area (Å²) < 4.78 is 0. The molecule has 0 fully saturated rings. The number of phenolic OH excluding ortho intramolecular Hbond substituents is 1. The smallest absolute Gasteiger partial charge is 0.326 e. The molecule has 2 rings (SSSR count). The van der Waals surface area contributed by atoms with E-state index in [0.29, 0.717) is 12.8 Å². The van der Waals surface area contributed by atoms with Crippen LogP contribution in [-0.4, -0.2) is 33.1 Å². The molecule has 0 aliphatic heterocycles. The lowest BCUT2D eigenvalue weighted by Gasteiger charge is -2.14. The lowest BCUT2D eigenvalue weighted by Crippen LogP contribution is -2.42. The molecule has 0 spiro atoms. The fourth-order valence-electron chi connectivity index (χ4n) is 2.25. The summed E-state index contributed by atoms with van der Waals surface area (Å²) in [5.74, 6) is -1.23. The molecule has 1 atom stereocenters. The normalized spacial score (nSPS) is 12.2. The minimum absolute atomic E-state index is 0.116. The molecular formula is C15H18N2O4. The van der Waals surface area contributed by atoms with Crippen molar-refractivity contribution in [3.63, 3.8) is 0 Å². The third-order valence-corrected chi connectivity index (χ3v) is 3.29. The van der Waals surface area contributed by atoms with Crippen molar-refractivity contribution >= 4 is 22.8 Å². The van der Waals surface area contributed by atoms with Gasteiger partial charge in [-0.05, 0) is 30.2 Å². The molecule has 0 saturated carbocycles. The number of hydrogen-bond acceptors (Lipinski definition) is 3. The molecule has 0 bridgehead atoms. The summed E-state index contributed by atoms with van der Waals surface area (Å²) in [6.45, 7) is 1.86. The van der Waals surface area contributed by atoms with Gasteiger partial charge < -0.3 is 20.5 Å². The SMILES string of the molecule is CCCC(=O)NC(Cc1c[nH]c2ccc(O)cc12)C(=O)O. The van der Waals surface area contributed by atoms with Crippen molar-refractivity contribution in [2.75, 3.05) is 0 Å². The van der Waals surface area contributed by atoms with E-state index in [2.05, 4.69) is 10.3 Å². The van der Waals surface area contributed by atoms with Gasteiger partial charge in [-0.15, -0.1) is 0 Å². The second kappa shape index (κ2) is 6.30. The van der Waals surface area contributed by atoms with Crippen LogP contribution in [0.15, 0.2) is 24.4 Å². The number of phenols is 1. The Balaban J connectivity index is 2.20. The number of hydrogen-bond donors (Lipinski definition) is 4. The van der Waals surface area contributed by atoms with E-state index in [0.717, 1.165) is 16.5 Å². The van der Waals surface area contributed by atoms with Crippen LogP contribution < -0.4 is 5.32 Å². The molecule has 2 aromatic rings. The van der Waals surface area contributed by atoms with Gasteiger partial charge in [-0.25, -0.2) is 4.79 Å². The lowest BCUT2D eigenvalue weighted by molar-refractivity contribution is -0.141. The van der Waals surface area contributed by atoms with Crippen LogP contribution in [0, 0.1) is 0 Å². The first-order chi connectivity index (χ1) is 10.0. The molecule has 1 aromatic carbocycles. The summed E-state index contributed by atoms with van der Waals surface area (Å²) >= 11 is 0. The zero-order valence-corrected chi connectivity index (χ0v) is 11.7. The number of aromatic amines is 1. The quantitative estimate of drug-likeness (QED) is 0.651. The van der Waals surface area contributed by atoms with Gasteiger partial charge in [0.25, 0.3) is 0 Å². The molecule has 1 heterocycles. The third kappa shape index (κ3) is 3.53. The van der Waals surface area contributed by atoms with Crippen LogP contribution in [0.5, 0.6) is 5.75 Å². The summed E-state index contributed by atoms with van der Waals surface area (Å²) in [6.07, 6.45) is 2.83. The molecule has 6 heteroatoms. The van der Waals surface area contributed by atoms with Gasteiger partial charge in [0.15, 0.2) is 0 Å². The van der Waals surface area contributed by atoms with Crippen LogP contribution >= 0.6 is 0 Å². The van der Waals surface area contributed by atoms with Crippen molar-refractivity contribution in [2.45, 2.75) is 32.2 Å². The average molecular weight is 290 g/mol. The van der Waals surface area contributed by atoms with Gasteiger partial charge in [0.05, 0.1) is 0 Å². The maximum Gasteiger partial charge on any atom is 0.326 e. The maximum absolute atomic E-state index is 11.6. The lowest BCUT2D eigenvalue weighted by atomic mass is 10.0. The molecule has 0 aliphatic carbocycles. The van der Waals surface area contributed by atoms with Crippen LogP contribution in [0.2, 0.25) is 0 Å². The molecule has 1 amide bonds. The fraction of sp³-hybridized carbons (Fsp3) is 0.333. The number of carbonyl (C=O) groups excluding carboxylic acids is 1. The number of benzene rings is 1. The second-order valence-electron chi connectivity index (χ2n) is 4.96. The molecule has 112 valence electrons. The molecule has 0 radical (unpaired) electrons. The minimum Gasteiger partial charge on any atom is -0.508 e. The molecule has 1 aromatic heterocycles. The average Bonchev–Trinajstić information content (AvgIpc) is 2.80. The van der Waals surface area contributed by atoms with Gasteiger partial charge in [-0.3, -0.25) is 4.79 Å². The Morgan fingerprint density at radius 2 is 2.14 bits per heavy atom. The van der Waals surface area contributed by atoms with Crippen molar-refractivity contribution < 1.29 is 19.8 Å². The number of carboxylic acid groups (broad SMARTS) is 1. The summed E-state index contributed by atoms with van der Waals surface area (Å²) in [5, 5.41) is 22.0. The van der Waals surface area contributed by atoms with E-state index in [1.54, 1.807) is 24.4 Å². The van der Waals surface area contributed by atoms with Gasteiger partial charge >= 0.3 is 5.97 Å². The monoisotopic (exact) mass is 290 g/mol. The van der Waals surface area contributed by atoms with E-state index in [4.69, 9.17) is 0 Å². The summed E-state index contributed by atoms with van der Waals surface area (Å²) in [7, 11) is 0. The van der Waals surface area contributed by atoms with Crippen molar-refractivity contribution in [2.24, 2.45) is 0 Å². The zero-order valence-electron chi connectivity index (χ0n) is 11.7. The Kier molecular flexibility index (Phi) is 4.47. The Bertz CT molecular complexity index is 663. The Labute approximate surface area is 121 Å². The number of nitrogens with one attached hydrogen (secondary N) is 2. The van der Waals surface area contributed by atoms with Crippen LogP contribution in [0.3, 0.4) is 0 Å². The molecule has 21 heavy (non-hydrogen) atoms. The minimum atomic E-state index is -1.08. The predicted octanol–water partition coefficient (Wildman–Crippen LogP) is 1.79. The number of aliphatic carboxylic acids is 1. The number of amides is 1. The largest absolute Gasteiger partial charge is 0.508 e. The van der Waals surface area contributed by atoms with E-state index in [1.807, 2.05) is 6.92 Å². The Morgan fingerprint density at radius 3 is 2.81 bits per heavy atom. The zero-order chi connectivity index (χ0) is 15.4.